The Morgan fingerprint density at radius 1 is 1.53 bits per heavy atom. The molecule has 0 aliphatic heterocycles. The predicted molar refractivity (Wildman–Crippen MR) is 81.9 cm³/mol. The van der Waals surface area contributed by atoms with Crippen molar-refractivity contribution in [2.75, 3.05) is 11.9 Å². The van der Waals surface area contributed by atoms with Crippen molar-refractivity contribution in [3.8, 4) is 0 Å². The molecule has 106 valence electrons. The number of halogens is 1. The molecule has 0 aliphatic rings. The highest BCUT2D eigenvalue weighted by Gasteiger charge is 2.14. The summed E-state index contributed by atoms with van der Waals surface area (Å²) in [6.07, 6.45) is 3.08. The summed E-state index contributed by atoms with van der Waals surface area (Å²) in [5, 5.41) is 2.87. The van der Waals surface area contributed by atoms with Crippen LogP contribution in [0.2, 0.25) is 0 Å². The first-order valence-electron chi connectivity index (χ1n) is 6.54. The Morgan fingerprint density at radius 3 is 2.74 bits per heavy atom. The molecule has 3 N–H and O–H groups in total. The molecular formula is C14H22BrN3O. The largest absolute Gasteiger partial charge is 0.330 e. The lowest BCUT2D eigenvalue weighted by molar-refractivity contribution is -0.117. The molecule has 0 aliphatic carbocycles. The summed E-state index contributed by atoms with van der Waals surface area (Å²) < 4.78 is 0.796. The van der Waals surface area contributed by atoms with E-state index in [9.17, 15) is 4.79 Å². The molecule has 0 saturated heterocycles. The van der Waals surface area contributed by atoms with Crippen molar-refractivity contribution in [1.29, 1.82) is 0 Å². The second-order valence-corrected chi connectivity index (χ2v) is 6.07. The van der Waals surface area contributed by atoms with E-state index >= 15 is 0 Å². The fourth-order valence-electron chi connectivity index (χ4n) is 2.03. The van der Waals surface area contributed by atoms with Gasteiger partial charge in [0.25, 0.3) is 0 Å². The number of amides is 1. The highest BCUT2D eigenvalue weighted by molar-refractivity contribution is 9.10. The molecule has 0 saturated carbocycles. The zero-order chi connectivity index (χ0) is 14.4. The molecule has 1 unspecified atom stereocenters. The Kier molecular flexibility index (Phi) is 6.45. The van der Waals surface area contributed by atoms with Gasteiger partial charge in [-0.3, -0.25) is 4.79 Å². The topological polar surface area (TPSA) is 68.0 Å². The molecule has 5 heteroatoms. The van der Waals surface area contributed by atoms with Crippen LogP contribution in [-0.4, -0.2) is 17.4 Å². The van der Waals surface area contributed by atoms with Crippen molar-refractivity contribution in [1.82, 2.24) is 4.98 Å². The number of nitrogens with one attached hydrogen (secondary N) is 1. The van der Waals surface area contributed by atoms with E-state index in [0.29, 0.717) is 18.9 Å². The SMILES string of the molecule is Cc1cc(NC(=O)CC(CN)CC(C)C)cnc1Br. The van der Waals surface area contributed by atoms with E-state index in [1.807, 2.05) is 13.0 Å². The fourth-order valence-corrected chi connectivity index (χ4v) is 2.25. The van der Waals surface area contributed by atoms with Crippen LogP contribution in [0.15, 0.2) is 16.9 Å². The summed E-state index contributed by atoms with van der Waals surface area (Å²) in [6, 6.07) is 1.90. The van der Waals surface area contributed by atoms with Crippen molar-refractivity contribution in [3.63, 3.8) is 0 Å². The van der Waals surface area contributed by atoms with Crippen molar-refractivity contribution >= 4 is 27.5 Å². The van der Waals surface area contributed by atoms with Gasteiger partial charge in [-0.25, -0.2) is 4.98 Å². The Labute approximate surface area is 123 Å². The van der Waals surface area contributed by atoms with Gasteiger partial charge in [0.1, 0.15) is 4.60 Å². The molecule has 0 fully saturated rings. The number of anilines is 1. The number of nitrogens with two attached hydrogens (primary N) is 1. The van der Waals surface area contributed by atoms with E-state index < -0.39 is 0 Å². The maximum atomic E-state index is 12.0. The molecule has 0 bridgehead atoms. The van der Waals surface area contributed by atoms with Crippen LogP contribution >= 0.6 is 15.9 Å². The second kappa shape index (κ2) is 7.60. The average Bonchev–Trinajstić information content (AvgIpc) is 2.32. The van der Waals surface area contributed by atoms with Crippen LogP contribution < -0.4 is 11.1 Å². The third-order valence-electron chi connectivity index (χ3n) is 2.91. The summed E-state index contributed by atoms with van der Waals surface area (Å²) in [5.41, 5.74) is 7.43. The number of carbonyl (C=O) groups is 1. The molecule has 19 heavy (non-hydrogen) atoms. The van der Waals surface area contributed by atoms with E-state index in [2.05, 4.69) is 40.1 Å². The minimum Gasteiger partial charge on any atom is -0.330 e. The summed E-state index contributed by atoms with van der Waals surface area (Å²) in [7, 11) is 0. The van der Waals surface area contributed by atoms with Gasteiger partial charge in [0.05, 0.1) is 11.9 Å². The van der Waals surface area contributed by atoms with Crippen LogP contribution in [0.4, 0.5) is 5.69 Å². The normalized spacial score (nSPS) is 12.5. The van der Waals surface area contributed by atoms with Crippen LogP contribution in [0.1, 0.15) is 32.3 Å². The number of rotatable bonds is 6. The number of hydrogen-bond donors (Lipinski definition) is 2. The number of nitrogens with zero attached hydrogens (tertiary/aromatic N) is 1. The lowest BCUT2D eigenvalue weighted by Gasteiger charge is -2.16. The summed E-state index contributed by atoms with van der Waals surface area (Å²) in [4.78, 5) is 16.1. The maximum absolute atomic E-state index is 12.0. The van der Waals surface area contributed by atoms with Crippen molar-refractivity contribution < 1.29 is 4.79 Å². The monoisotopic (exact) mass is 327 g/mol. The molecule has 1 atom stereocenters. The quantitative estimate of drug-likeness (QED) is 0.789. The molecule has 1 heterocycles. The summed E-state index contributed by atoms with van der Waals surface area (Å²) in [5.74, 6) is 0.794. The highest BCUT2D eigenvalue weighted by atomic mass is 79.9. The standard InChI is InChI=1S/C14H22BrN3O/c1-9(2)4-11(7-16)6-13(19)18-12-5-10(3)14(15)17-8-12/h5,8-9,11H,4,6-7,16H2,1-3H3,(H,18,19). The van der Waals surface area contributed by atoms with E-state index in [0.717, 1.165) is 22.3 Å². The lowest BCUT2D eigenvalue weighted by atomic mass is 9.94. The van der Waals surface area contributed by atoms with Gasteiger partial charge in [0.2, 0.25) is 5.91 Å². The van der Waals surface area contributed by atoms with Gasteiger partial charge in [-0.1, -0.05) is 13.8 Å². The molecule has 0 aromatic carbocycles. The second-order valence-electron chi connectivity index (χ2n) is 5.32. The van der Waals surface area contributed by atoms with Crippen LogP contribution in [0.3, 0.4) is 0 Å². The van der Waals surface area contributed by atoms with Gasteiger partial charge < -0.3 is 11.1 Å². The molecule has 0 radical (unpaired) electrons. The molecule has 1 aromatic rings. The van der Waals surface area contributed by atoms with Crippen LogP contribution in [0, 0.1) is 18.8 Å². The molecule has 1 amide bonds. The van der Waals surface area contributed by atoms with Gasteiger partial charge in [-0.05, 0) is 59.3 Å². The van der Waals surface area contributed by atoms with Crippen molar-refractivity contribution in [3.05, 3.63) is 22.4 Å². The maximum Gasteiger partial charge on any atom is 0.224 e. The molecule has 4 nitrogen and oxygen atoms in total. The van der Waals surface area contributed by atoms with Crippen LogP contribution in [-0.2, 0) is 4.79 Å². The van der Waals surface area contributed by atoms with Gasteiger partial charge in [0, 0.05) is 6.42 Å². The molecule has 1 aromatic heterocycles. The van der Waals surface area contributed by atoms with Crippen LogP contribution in [0.25, 0.3) is 0 Å². The van der Waals surface area contributed by atoms with E-state index in [1.165, 1.54) is 0 Å². The number of aryl methyl sites for hydroxylation is 1. The minimum atomic E-state index is -0.000350. The van der Waals surface area contributed by atoms with Crippen molar-refractivity contribution in [2.24, 2.45) is 17.6 Å². The molecular weight excluding hydrogens is 306 g/mol. The zero-order valence-electron chi connectivity index (χ0n) is 11.7. The smallest absolute Gasteiger partial charge is 0.224 e. The highest BCUT2D eigenvalue weighted by Crippen LogP contribution is 2.18. The number of aromatic nitrogens is 1. The summed E-state index contributed by atoms with van der Waals surface area (Å²) >= 11 is 3.33. The Morgan fingerprint density at radius 2 is 2.21 bits per heavy atom. The Bertz CT molecular complexity index is 435. The third kappa shape index (κ3) is 5.70. The van der Waals surface area contributed by atoms with E-state index in [-0.39, 0.29) is 11.8 Å². The minimum absolute atomic E-state index is 0.000350. The molecule has 1 rings (SSSR count). The zero-order valence-corrected chi connectivity index (χ0v) is 13.3. The van der Waals surface area contributed by atoms with Gasteiger partial charge in [-0.2, -0.15) is 0 Å². The van der Waals surface area contributed by atoms with Gasteiger partial charge >= 0.3 is 0 Å². The third-order valence-corrected chi connectivity index (χ3v) is 3.74. The Hall–Kier alpha value is -0.940. The first-order valence-corrected chi connectivity index (χ1v) is 7.33. The number of carbonyl (C=O) groups excluding carboxylic acids is 1. The lowest BCUT2D eigenvalue weighted by Crippen LogP contribution is -2.23. The van der Waals surface area contributed by atoms with E-state index in [4.69, 9.17) is 5.73 Å². The van der Waals surface area contributed by atoms with Crippen LogP contribution in [0.5, 0.6) is 0 Å². The number of hydrogen-bond acceptors (Lipinski definition) is 3. The predicted octanol–water partition coefficient (Wildman–Crippen LogP) is 3.10. The fraction of sp³-hybridized carbons (Fsp3) is 0.571. The van der Waals surface area contributed by atoms with Crippen molar-refractivity contribution in [2.45, 2.75) is 33.6 Å². The Balaban J connectivity index is 2.56. The van der Waals surface area contributed by atoms with Gasteiger partial charge in [0.15, 0.2) is 0 Å². The number of pyridine rings is 1. The van der Waals surface area contributed by atoms with E-state index in [1.54, 1.807) is 6.20 Å². The first kappa shape index (κ1) is 16.1. The summed E-state index contributed by atoms with van der Waals surface area (Å²) in [6.45, 7) is 6.77. The molecule has 0 spiro atoms. The first-order chi connectivity index (χ1) is 8.92. The van der Waals surface area contributed by atoms with Gasteiger partial charge in [-0.15, -0.1) is 0 Å². The average molecular weight is 328 g/mol.